The van der Waals surface area contributed by atoms with Crippen molar-refractivity contribution in [3.63, 3.8) is 0 Å². The summed E-state index contributed by atoms with van der Waals surface area (Å²) in [7, 11) is 0. The number of aryl methyl sites for hydroxylation is 4. The molecule has 3 atom stereocenters. The van der Waals surface area contributed by atoms with Crippen LogP contribution < -0.4 is 0 Å². The van der Waals surface area contributed by atoms with Crippen LogP contribution in [0.15, 0.2) is 48.5 Å². The van der Waals surface area contributed by atoms with Crippen LogP contribution in [0, 0.1) is 20.8 Å². The number of carboxylic acids is 1. The van der Waals surface area contributed by atoms with Gasteiger partial charge in [0, 0.05) is 24.1 Å². The lowest BCUT2D eigenvalue weighted by molar-refractivity contribution is -0.137. The van der Waals surface area contributed by atoms with Crippen molar-refractivity contribution in [3.05, 3.63) is 93.0 Å². The summed E-state index contributed by atoms with van der Waals surface area (Å²) in [5.74, 6) is -1.07. The second kappa shape index (κ2) is 9.63. The summed E-state index contributed by atoms with van der Waals surface area (Å²) >= 11 is 0. The van der Waals surface area contributed by atoms with Crippen molar-refractivity contribution in [2.45, 2.75) is 77.9 Å². The van der Waals surface area contributed by atoms with Gasteiger partial charge < -0.3 is 10.0 Å². The summed E-state index contributed by atoms with van der Waals surface area (Å²) in [6.45, 7) is 8.77. The quantitative estimate of drug-likeness (QED) is 0.341. The molecule has 39 heavy (non-hydrogen) atoms. The van der Waals surface area contributed by atoms with E-state index >= 15 is 0 Å². The second-order valence-electron chi connectivity index (χ2n) is 11.1. The maximum atomic E-state index is 13.9. The number of rotatable bonds is 6. The molecule has 1 saturated heterocycles. The van der Waals surface area contributed by atoms with Gasteiger partial charge in [0.25, 0.3) is 5.91 Å². The molecule has 7 heteroatoms. The van der Waals surface area contributed by atoms with Crippen molar-refractivity contribution < 1.29 is 14.7 Å². The molecule has 0 saturated carbocycles. The van der Waals surface area contributed by atoms with Gasteiger partial charge in [-0.05, 0) is 92.5 Å². The fraction of sp³-hybridized carbons (Fsp3) is 0.375. The summed E-state index contributed by atoms with van der Waals surface area (Å²) in [6.07, 6.45) is 2.71. The number of aromatic nitrogens is 3. The lowest BCUT2D eigenvalue weighted by Crippen LogP contribution is -2.42. The molecule has 3 heterocycles. The van der Waals surface area contributed by atoms with Gasteiger partial charge in [0.15, 0.2) is 0 Å². The number of hydrogen-bond donors (Lipinski definition) is 1. The normalized spacial score (nSPS) is 18.8. The average molecular weight is 523 g/mol. The number of carboxylic acid groups (broad SMARTS) is 1. The van der Waals surface area contributed by atoms with E-state index in [1.165, 1.54) is 5.56 Å². The minimum absolute atomic E-state index is 0.00428. The Morgan fingerprint density at radius 1 is 1.05 bits per heavy atom. The highest BCUT2D eigenvalue weighted by Crippen LogP contribution is 2.46. The highest BCUT2D eigenvalue weighted by atomic mass is 16.4. The van der Waals surface area contributed by atoms with Crippen LogP contribution in [0.2, 0.25) is 0 Å². The van der Waals surface area contributed by atoms with E-state index in [2.05, 4.69) is 33.4 Å². The number of benzene rings is 3. The molecule has 1 aromatic heterocycles. The molecule has 7 nitrogen and oxygen atoms in total. The first-order chi connectivity index (χ1) is 18.8. The van der Waals surface area contributed by atoms with Crippen LogP contribution in [0.1, 0.15) is 87.4 Å². The highest BCUT2D eigenvalue weighted by molar-refractivity contribution is 5.96. The second-order valence-corrected chi connectivity index (χ2v) is 11.1. The number of amides is 1. The van der Waals surface area contributed by atoms with Gasteiger partial charge in [-0.1, -0.05) is 47.2 Å². The topological polar surface area (TPSA) is 88.3 Å². The average Bonchev–Trinajstić information content (AvgIpc) is 3.49. The van der Waals surface area contributed by atoms with Gasteiger partial charge in [-0.15, -0.1) is 5.10 Å². The molecule has 0 aliphatic carbocycles. The minimum atomic E-state index is -0.845. The van der Waals surface area contributed by atoms with Crippen LogP contribution in [0.4, 0.5) is 0 Å². The zero-order chi connectivity index (χ0) is 27.4. The van der Waals surface area contributed by atoms with Gasteiger partial charge in [0.05, 0.1) is 18.0 Å². The Morgan fingerprint density at radius 2 is 1.87 bits per heavy atom. The summed E-state index contributed by atoms with van der Waals surface area (Å²) in [4.78, 5) is 28.0. The number of carbonyl (C=O) groups excluding carboxylic acids is 1. The molecule has 1 N–H and O–H groups in total. The smallest absolute Gasteiger partial charge is 0.304 e. The van der Waals surface area contributed by atoms with Gasteiger partial charge in [0.1, 0.15) is 5.52 Å². The molecular weight excluding hydrogens is 488 g/mol. The SMILES string of the molecule is CCn1nnc2c(C)c([C@@H](CC(=O)O)c3ccc4c(c3)[C@@H]3CC[C@H](C4)N3C(=O)c3cc(C)ccc3C)ccc21. The molecule has 2 aliphatic heterocycles. The monoisotopic (exact) mass is 522 g/mol. The maximum absolute atomic E-state index is 13.9. The summed E-state index contributed by atoms with van der Waals surface area (Å²) in [6, 6.07) is 16.7. The van der Waals surface area contributed by atoms with E-state index in [1.54, 1.807) is 0 Å². The Labute approximate surface area is 228 Å². The Hall–Kier alpha value is -4.00. The number of carbonyl (C=O) groups is 2. The zero-order valence-corrected chi connectivity index (χ0v) is 22.9. The molecule has 1 amide bonds. The number of nitrogens with zero attached hydrogens (tertiary/aromatic N) is 4. The van der Waals surface area contributed by atoms with Gasteiger partial charge in [0.2, 0.25) is 0 Å². The number of aliphatic carboxylic acids is 1. The van der Waals surface area contributed by atoms with Crippen molar-refractivity contribution in [1.82, 2.24) is 19.9 Å². The van der Waals surface area contributed by atoms with Crippen LogP contribution >= 0.6 is 0 Å². The molecule has 0 unspecified atom stereocenters. The van der Waals surface area contributed by atoms with E-state index in [1.807, 2.05) is 62.7 Å². The third kappa shape index (κ3) is 4.20. The van der Waals surface area contributed by atoms with Crippen molar-refractivity contribution in [1.29, 1.82) is 0 Å². The fourth-order valence-electron chi connectivity index (χ4n) is 6.76. The Bertz CT molecular complexity index is 1620. The van der Waals surface area contributed by atoms with Crippen LogP contribution in [-0.2, 0) is 17.8 Å². The molecule has 200 valence electrons. The molecule has 3 aromatic carbocycles. The Balaban J connectivity index is 1.41. The Morgan fingerprint density at radius 3 is 2.64 bits per heavy atom. The van der Waals surface area contributed by atoms with Crippen molar-refractivity contribution in [3.8, 4) is 0 Å². The molecule has 1 fully saturated rings. The molecular formula is C32H34N4O3. The van der Waals surface area contributed by atoms with Gasteiger partial charge >= 0.3 is 5.97 Å². The lowest BCUT2D eigenvalue weighted by Gasteiger charge is -2.37. The van der Waals surface area contributed by atoms with E-state index in [9.17, 15) is 14.7 Å². The molecule has 2 aliphatic rings. The first kappa shape index (κ1) is 25.3. The molecule has 4 aromatic rings. The molecule has 2 bridgehead atoms. The lowest BCUT2D eigenvalue weighted by atomic mass is 9.82. The van der Waals surface area contributed by atoms with Crippen molar-refractivity contribution >= 4 is 22.9 Å². The van der Waals surface area contributed by atoms with Crippen LogP contribution in [0.25, 0.3) is 11.0 Å². The highest BCUT2D eigenvalue weighted by Gasteiger charge is 2.43. The largest absolute Gasteiger partial charge is 0.481 e. The standard InChI is InChI=1S/C32H34N4O3/c1-5-35-29-13-11-24(20(4)31(29)33-34-35)26(17-30(37)38)22-9-8-21-15-23-10-12-28(27(21)16-22)36(23)32(39)25-14-18(2)6-7-19(25)3/h6-9,11,13-14,16,23,26,28H,5,10,12,15,17H2,1-4H3,(H,37,38)/t23-,26+,28+/m1/s1. The van der Waals surface area contributed by atoms with Gasteiger partial charge in [-0.25, -0.2) is 4.68 Å². The van der Waals surface area contributed by atoms with E-state index in [0.29, 0.717) is 0 Å². The van der Waals surface area contributed by atoms with Crippen molar-refractivity contribution in [2.75, 3.05) is 0 Å². The molecule has 0 radical (unpaired) electrons. The van der Waals surface area contributed by atoms with Gasteiger partial charge in [-0.3, -0.25) is 9.59 Å². The third-order valence-corrected chi connectivity index (χ3v) is 8.78. The first-order valence-corrected chi connectivity index (χ1v) is 13.8. The summed E-state index contributed by atoms with van der Waals surface area (Å²) in [5, 5.41) is 18.6. The predicted octanol–water partition coefficient (Wildman–Crippen LogP) is 5.89. The van der Waals surface area contributed by atoms with Gasteiger partial charge in [-0.2, -0.15) is 0 Å². The van der Waals surface area contributed by atoms with E-state index in [0.717, 1.165) is 75.8 Å². The molecule has 0 spiro atoms. The first-order valence-electron chi connectivity index (χ1n) is 13.8. The molecule has 6 rings (SSSR count). The Kier molecular flexibility index (Phi) is 6.25. The van der Waals surface area contributed by atoms with Crippen LogP contribution in [-0.4, -0.2) is 42.9 Å². The maximum Gasteiger partial charge on any atom is 0.304 e. The third-order valence-electron chi connectivity index (χ3n) is 8.78. The predicted molar refractivity (Wildman–Crippen MR) is 150 cm³/mol. The van der Waals surface area contributed by atoms with Crippen LogP contribution in [0.5, 0.6) is 0 Å². The van der Waals surface area contributed by atoms with E-state index < -0.39 is 5.97 Å². The zero-order valence-electron chi connectivity index (χ0n) is 22.9. The minimum Gasteiger partial charge on any atom is -0.481 e. The number of hydrogen-bond acceptors (Lipinski definition) is 4. The van der Waals surface area contributed by atoms with E-state index in [-0.39, 0.29) is 30.3 Å². The number of fused-ring (bicyclic) bond motifs is 5. The van der Waals surface area contributed by atoms with Crippen LogP contribution in [0.3, 0.4) is 0 Å². The summed E-state index contributed by atoms with van der Waals surface area (Å²) < 4.78 is 1.86. The van der Waals surface area contributed by atoms with Crippen molar-refractivity contribution in [2.24, 2.45) is 0 Å². The van der Waals surface area contributed by atoms with E-state index in [4.69, 9.17) is 0 Å². The summed E-state index contributed by atoms with van der Waals surface area (Å²) in [5.41, 5.74) is 9.93. The fourth-order valence-corrected chi connectivity index (χ4v) is 6.76.